The van der Waals surface area contributed by atoms with Crippen molar-refractivity contribution in [2.24, 2.45) is 0 Å². The number of nitrogens with one attached hydrogen (secondary N) is 2. The van der Waals surface area contributed by atoms with Gasteiger partial charge >= 0.3 is 0 Å². The van der Waals surface area contributed by atoms with E-state index in [9.17, 15) is 4.79 Å². The zero-order valence-electron chi connectivity index (χ0n) is 7.48. The molecule has 0 spiro atoms. The van der Waals surface area contributed by atoms with Crippen LogP contribution >= 0.6 is 0 Å². The molecule has 0 aliphatic rings. The fourth-order valence-corrected chi connectivity index (χ4v) is 0.801. The number of amides is 1. The number of rotatable bonds is 5. The van der Waals surface area contributed by atoms with Crippen LogP contribution in [0, 0.1) is 0 Å². The second kappa shape index (κ2) is 6.12. The number of hydrogen-bond acceptors (Lipinski definition) is 3. The summed E-state index contributed by atoms with van der Waals surface area (Å²) in [5.41, 5.74) is 5.47. The molecule has 11 heavy (non-hydrogen) atoms. The van der Waals surface area contributed by atoms with Gasteiger partial charge in [-0.2, -0.15) is 0 Å². The van der Waals surface area contributed by atoms with Gasteiger partial charge in [0.25, 0.3) is 5.91 Å². The van der Waals surface area contributed by atoms with Gasteiger partial charge in [-0.25, -0.2) is 16.0 Å². The lowest BCUT2D eigenvalue weighted by Gasteiger charge is -2.18. The predicted octanol–water partition coefficient (Wildman–Crippen LogP) is 0.274. The third-order valence-corrected chi connectivity index (χ3v) is 1.44. The van der Waals surface area contributed by atoms with Gasteiger partial charge in [-0.05, 0) is 6.42 Å². The van der Waals surface area contributed by atoms with E-state index in [0.29, 0.717) is 6.42 Å². The molecule has 4 nitrogen and oxygen atoms in total. The molecule has 0 radical (unpaired) electrons. The molecule has 0 aromatic carbocycles. The molecule has 0 rings (SSSR count). The number of nitrogens with zero attached hydrogens (tertiary/aromatic N) is 1. The van der Waals surface area contributed by atoms with Crippen molar-refractivity contribution in [3.05, 3.63) is 0 Å². The number of unbranched alkanes of at least 4 members (excludes halogenated alkanes) is 1. The van der Waals surface area contributed by atoms with E-state index in [1.807, 2.05) is 0 Å². The molecule has 0 saturated heterocycles. The van der Waals surface area contributed by atoms with E-state index in [2.05, 4.69) is 17.8 Å². The van der Waals surface area contributed by atoms with Crippen molar-refractivity contribution in [3.63, 3.8) is 0 Å². The smallest absolute Gasteiger partial charge is 0.251 e. The summed E-state index contributed by atoms with van der Waals surface area (Å²) in [6.07, 6.45) is 2.59. The molecule has 0 unspecified atom stereocenters. The first-order valence-corrected chi connectivity index (χ1v) is 3.94. The van der Waals surface area contributed by atoms with Gasteiger partial charge in [0, 0.05) is 20.5 Å². The van der Waals surface area contributed by atoms with Crippen LogP contribution in [0.5, 0.6) is 0 Å². The Kier molecular flexibility index (Phi) is 5.78. The Morgan fingerprint density at radius 2 is 1.91 bits per heavy atom. The summed E-state index contributed by atoms with van der Waals surface area (Å²) >= 11 is 0. The van der Waals surface area contributed by atoms with Crippen molar-refractivity contribution in [1.82, 2.24) is 16.0 Å². The van der Waals surface area contributed by atoms with Gasteiger partial charge in [0.15, 0.2) is 0 Å². The highest BCUT2D eigenvalue weighted by molar-refractivity contribution is 5.75. The van der Waals surface area contributed by atoms with E-state index in [0.717, 1.165) is 12.8 Å². The number of hydrogen-bond donors (Lipinski definition) is 2. The molecule has 0 saturated carbocycles. The largest absolute Gasteiger partial charge is 0.272 e. The lowest BCUT2D eigenvalue weighted by atomic mass is 10.2. The Bertz CT molecular complexity index is 112. The molecule has 0 fully saturated rings. The molecule has 0 aromatic rings. The second-order valence-corrected chi connectivity index (χ2v) is 2.28. The second-order valence-electron chi connectivity index (χ2n) is 2.28. The van der Waals surface area contributed by atoms with E-state index in [1.54, 1.807) is 14.1 Å². The Morgan fingerprint density at radius 1 is 1.36 bits per heavy atom. The summed E-state index contributed by atoms with van der Waals surface area (Å²) in [5, 5.41) is 1.38. The SMILES string of the molecule is CCCCC(=O)N(NC)NC. The van der Waals surface area contributed by atoms with Crippen molar-refractivity contribution in [2.75, 3.05) is 14.1 Å². The van der Waals surface area contributed by atoms with Gasteiger partial charge in [0.05, 0.1) is 0 Å². The fraction of sp³-hybridized carbons (Fsp3) is 0.857. The van der Waals surface area contributed by atoms with Crippen LogP contribution in [0.2, 0.25) is 0 Å². The lowest BCUT2D eigenvalue weighted by molar-refractivity contribution is -0.137. The van der Waals surface area contributed by atoms with Gasteiger partial charge < -0.3 is 0 Å². The van der Waals surface area contributed by atoms with Gasteiger partial charge in [-0.15, -0.1) is 0 Å². The number of carbonyl (C=O) groups excluding carboxylic acids is 1. The molecule has 2 N–H and O–H groups in total. The Morgan fingerprint density at radius 3 is 2.27 bits per heavy atom. The predicted molar refractivity (Wildman–Crippen MR) is 44.5 cm³/mol. The first kappa shape index (κ1) is 10.4. The maximum absolute atomic E-state index is 11.2. The quantitative estimate of drug-likeness (QED) is 0.566. The molecule has 0 aromatic heterocycles. The highest BCUT2D eigenvalue weighted by Gasteiger charge is 2.07. The first-order chi connectivity index (χ1) is 5.26. The minimum Gasteiger partial charge on any atom is -0.272 e. The maximum Gasteiger partial charge on any atom is 0.251 e. The first-order valence-electron chi connectivity index (χ1n) is 3.94. The van der Waals surface area contributed by atoms with Crippen LogP contribution in [0.1, 0.15) is 26.2 Å². The minimum atomic E-state index is 0.0804. The van der Waals surface area contributed by atoms with E-state index in [1.165, 1.54) is 5.12 Å². The van der Waals surface area contributed by atoms with Gasteiger partial charge in [0.1, 0.15) is 0 Å². The van der Waals surface area contributed by atoms with Gasteiger partial charge in [-0.1, -0.05) is 13.3 Å². The maximum atomic E-state index is 11.2. The zero-order chi connectivity index (χ0) is 8.69. The van der Waals surface area contributed by atoms with Crippen molar-refractivity contribution in [2.45, 2.75) is 26.2 Å². The topological polar surface area (TPSA) is 44.4 Å². The summed E-state index contributed by atoms with van der Waals surface area (Å²) in [7, 11) is 3.42. The normalized spacial score (nSPS) is 9.73. The Hall–Kier alpha value is -0.610. The molecular formula is C7H17N3O. The zero-order valence-corrected chi connectivity index (χ0v) is 7.48. The summed E-state index contributed by atoms with van der Waals surface area (Å²) in [5.74, 6) is 0.0804. The van der Waals surface area contributed by atoms with Crippen molar-refractivity contribution in [1.29, 1.82) is 0 Å². The summed E-state index contributed by atoms with van der Waals surface area (Å²) < 4.78 is 0. The average molecular weight is 159 g/mol. The average Bonchev–Trinajstić information content (AvgIpc) is 2.03. The molecule has 66 valence electrons. The van der Waals surface area contributed by atoms with Crippen LogP contribution in [0.3, 0.4) is 0 Å². The van der Waals surface area contributed by atoms with E-state index < -0.39 is 0 Å². The summed E-state index contributed by atoms with van der Waals surface area (Å²) in [6, 6.07) is 0. The highest BCUT2D eigenvalue weighted by Crippen LogP contribution is 1.95. The molecule has 4 heteroatoms. The van der Waals surface area contributed by atoms with Crippen molar-refractivity contribution in [3.8, 4) is 0 Å². The summed E-state index contributed by atoms with van der Waals surface area (Å²) in [4.78, 5) is 11.2. The molecule has 0 aliphatic carbocycles. The lowest BCUT2D eigenvalue weighted by Crippen LogP contribution is -2.48. The van der Waals surface area contributed by atoms with Crippen LogP contribution in [0.15, 0.2) is 0 Å². The monoisotopic (exact) mass is 159 g/mol. The molecule has 0 heterocycles. The highest BCUT2D eigenvalue weighted by atomic mass is 16.2. The molecular weight excluding hydrogens is 142 g/mol. The Balaban J connectivity index is 3.61. The standard InChI is InChI=1S/C7H17N3O/c1-4-5-6-7(11)10(8-2)9-3/h8-9H,4-6H2,1-3H3. The van der Waals surface area contributed by atoms with Crippen LogP contribution in [-0.2, 0) is 4.79 Å². The van der Waals surface area contributed by atoms with Crippen molar-refractivity contribution < 1.29 is 4.79 Å². The van der Waals surface area contributed by atoms with Crippen LogP contribution in [0.25, 0.3) is 0 Å². The van der Waals surface area contributed by atoms with Crippen LogP contribution in [-0.4, -0.2) is 25.1 Å². The van der Waals surface area contributed by atoms with Crippen molar-refractivity contribution >= 4 is 5.91 Å². The van der Waals surface area contributed by atoms with Gasteiger partial charge in [-0.3, -0.25) is 4.79 Å². The minimum absolute atomic E-state index is 0.0804. The van der Waals surface area contributed by atoms with E-state index in [-0.39, 0.29) is 5.91 Å². The van der Waals surface area contributed by atoms with Crippen LogP contribution in [0.4, 0.5) is 0 Å². The van der Waals surface area contributed by atoms with E-state index in [4.69, 9.17) is 0 Å². The third kappa shape index (κ3) is 3.95. The van der Waals surface area contributed by atoms with Gasteiger partial charge in [0.2, 0.25) is 0 Å². The molecule has 0 aliphatic heterocycles. The van der Waals surface area contributed by atoms with Crippen LogP contribution < -0.4 is 10.9 Å². The molecule has 0 bridgehead atoms. The fourth-order valence-electron chi connectivity index (χ4n) is 0.801. The molecule has 0 atom stereocenters. The molecule has 1 amide bonds. The number of hydrazine groups is 2. The Labute approximate surface area is 67.9 Å². The number of carbonyl (C=O) groups is 1. The van der Waals surface area contributed by atoms with E-state index >= 15 is 0 Å². The summed E-state index contributed by atoms with van der Waals surface area (Å²) in [6.45, 7) is 2.07. The third-order valence-electron chi connectivity index (χ3n) is 1.44.